The van der Waals surface area contributed by atoms with E-state index >= 15 is 0 Å². The smallest absolute Gasteiger partial charge is 0.110 e. The van der Waals surface area contributed by atoms with Crippen molar-refractivity contribution in [2.75, 3.05) is 27.2 Å². The van der Waals surface area contributed by atoms with Gasteiger partial charge in [0.25, 0.3) is 0 Å². The quantitative estimate of drug-likeness (QED) is 0.858. The molecule has 0 bridgehead atoms. The summed E-state index contributed by atoms with van der Waals surface area (Å²) in [4.78, 5) is 9.36. The molecule has 0 unspecified atom stereocenters. The van der Waals surface area contributed by atoms with Crippen molar-refractivity contribution in [3.63, 3.8) is 0 Å². The summed E-state index contributed by atoms with van der Waals surface area (Å²) < 4.78 is 2.41. The van der Waals surface area contributed by atoms with Crippen LogP contribution in [0.15, 0.2) is 36.5 Å². The highest BCUT2D eigenvalue weighted by atomic mass is 15.2. The summed E-state index contributed by atoms with van der Waals surface area (Å²) in [7, 11) is 4.22. The molecule has 4 heteroatoms. The Morgan fingerprint density at radius 3 is 2.67 bits per heavy atom. The summed E-state index contributed by atoms with van der Waals surface area (Å²) in [5.41, 5.74) is 2.72. The fraction of sp³-hybridized carbons (Fsp3) is 0.471. The van der Waals surface area contributed by atoms with Crippen molar-refractivity contribution in [1.29, 1.82) is 0 Å². The molecule has 0 N–H and O–H groups in total. The molecular weight excluding hydrogens is 260 g/mol. The fourth-order valence-corrected chi connectivity index (χ4v) is 2.99. The van der Waals surface area contributed by atoms with Crippen LogP contribution < -0.4 is 0 Å². The molecular formula is C17H24N4. The molecule has 2 heterocycles. The van der Waals surface area contributed by atoms with Crippen molar-refractivity contribution in [3.05, 3.63) is 53.6 Å². The predicted octanol–water partition coefficient (Wildman–Crippen LogP) is 2.00. The highest BCUT2D eigenvalue weighted by molar-refractivity contribution is 5.15. The number of nitrogens with zero attached hydrogens (tertiary/aromatic N) is 4. The second-order valence-corrected chi connectivity index (χ2v) is 6.07. The molecule has 1 aliphatic rings. The van der Waals surface area contributed by atoms with E-state index in [0.717, 1.165) is 39.1 Å². The second-order valence-electron chi connectivity index (χ2n) is 6.07. The van der Waals surface area contributed by atoms with Gasteiger partial charge in [0.05, 0.1) is 5.69 Å². The molecule has 112 valence electrons. The Labute approximate surface area is 127 Å². The van der Waals surface area contributed by atoms with Crippen LogP contribution in [-0.4, -0.2) is 46.5 Å². The third kappa shape index (κ3) is 3.52. The molecule has 1 aromatic carbocycles. The van der Waals surface area contributed by atoms with Crippen molar-refractivity contribution in [2.24, 2.45) is 0 Å². The molecule has 0 saturated heterocycles. The van der Waals surface area contributed by atoms with E-state index in [9.17, 15) is 0 Å². The lowest BCUT2D eigenvalue weighted by Crippen LogP contribution is -2.26. The van der Waals surface area contributed by atoms with E-state index in [1.165, 1.54) is 17.1 Å². The third-order valence-corrected chi connectivity index (χ3v) is 4.04. The number of aromatic nitrogens is 2. The molecule has 21 heavy (non-hydrogen) atoms. The van der Waals surface area contributed by atoms with Gasteiger partial charge in [-0.05, 0) is 19.7 Å². The first-order valence-corrected chi connectivity index (χ1v) is 7.66. The number of hydrogen-bond donors (Lipinski definition) is 0. The first kappa shape index (κ1) is 14.3. The largest absolute Gasteiger partial charge is 0.329 e. The minimum absolute atomic E-state index is 0.964. The lowest BCUT2D eigenvalue weighted by atomic mass is 10.2. The van der Waals surface area contributed by atoms with Gasteiger partial charge in [0.15, 0.2) is 0 Å². The van der Waals surface area contributed by atoms with Gasteiger partial charge in [0.2, 0.25) is 0 Å². The molecule has 0 amide bonds. The van der Waals surface area contributed by atoms with Crippen LogP contribution in [0.3, 0.4) is 0 Å². The Balaban J connectivity index is 1.67. The molecule has 0 spiro atoms. The van der Waals surface area contributed by atoms with Crippen LogP contribution >= 0.6 is 0 Å². The van der Waals surface area contributed by atoms with Crippen LogP contribution in [0.4, 0.5) is 0 Å². The lowest BCUT2D eigenvalue weighted by molar-refractivity contribution is 0.269. The maximum atomic E-state index is 4.62. The van der Waals surface area contributed by atoms with Gasteiger partial charge in [-0.1, -0.05) is 30.3 Å². The van der Waals surface area contributed by atoms with Crippen molar-refractivity contribution < 1.29 is 0 Å². The van der Waals surface area contributed by atoms with Gasteiger partial charge in [-0.3, -0.25) is 4.90 Å². The Morgan fingerprint density at radius 1 is 1.10 bits per heavy atom. The monoisotopic (exact) mass is 284 g/mol. The zero-order valence-corrected chi connectivity index (χ0v) is 13.0. The molecule has 1 aromatic heterocycles. The van der Waals surface area contributed by atoms with Crippen LogP contribution in [0.25, 0.3) is 0 Å². The Kier molecular flexibility index (Phi) is 4.36. The highest BCUT2D eigenvalue weighted by Crippen LogP contribution is 2.14. The maximum absolute atomic E-state index is 4.62. The van der Waals surface area contributed by atoms with Gasteiger partial charge in [-0.15, -0.1) is 0 Å². The highest BCUT2D eigenvalue weighted by Gasteiger charge is 2.17. The van der Waals surface area contributed by atoms with Gasteiger partial charge in [0.1, 0.15) is 5.82 Å². The van der Waals surface area contributed by atoms with E-state index in [1.807, 2.05) is 6.20 Å². The van der Waals surface area contributed by atoms with E-state index in [2.05, 4.69) is 63.8 Å². The van der Waals surface area contributed by atoms with Crippen molar-refractivity contribution >= 4 is 0 Å². The standard InChI is InChI=1S/C17H24N4/c1-19(2)14-16-12-18-17-8-9-20(10-11-21(16)17)13-15-6-4-3-5-7-15/h3-7,12H,8-11,13-14H2,1-2H3. The number of fused-ring (bicyclic) bond motifs is 1. The van der Waals surface area contributed by atoms with Crippen LogP contribution in [0.1, 0.15) is 17.1 Å². The molecule has 0 saturated carbocycles. The number of imidazole rings is 1. The first-order valence-electron chi connectivity index (χ1n) is 7.66. The van der Waals surface area contributed by atoms with E-state index < -0.39 is 0 Å². The average Bonchev–Trinajstić information content (AvgIpc) is 2.72. The molecule has 1 aliphatic heterocycles. The van der Waals surface area contributed by atoms with E-state index in [4.69, 9.17) is 0 Å². The zero-order chi connectivity index (χ0) is 14.7. The van der Waals surface area contributed by atoms with Crippen LogP contribution in [-0.2, 0) is 26.1 Å². The maximum Gasteiger partial charge on any atom is 0.110 e. The zero-order valence-electron chi connectivity index (χ0n) is 13.0. The molecule has 4 nitrogen and oxygen atoms in total. The molecule has 0 atom stereocenters. The average molecular weight is 284 g/mol. The molecule has 3 rings (SSSR count). The number of benzene rings is 1. The summed E-state index contributed by atoms with van der Waals surface area (Å²) >= 11 is 0. The fourth-order valence-electron chi connectivity index (χ4n) is 2.99. The van der Waals surface area contributed by atoms with E-state index in [0.29, 0.717) is 0 Å². The number of hydrogen-bond acceptors (Lipinski definition) is 3. The number of rotatable bonds is 4. The van der Waals surface area contributed by atoms with Gasteiger partial charge < -0.3 is 9.47 Å². The minimum atomic E-state index is 0.964. The third-order valence-electron chi connectivity index (χ3n) is 4.04. The van der Waals surface area contributed by atoms with Gasteiger partial charge in [-0.25, -0.2) is 4.98 Å². The summed E-state index contributed by atoms with van der Waals surface area (Å²) in [5.74, 6) is 1.24. The van der Waals surface area contributed by atoms with Crippen molar-refractivity contribution in [1.82, 2.24) is 19.4 Å². The Hall–Kier alpha value is -1.65. The predicted molar refractivity (Wildman–Crippen MR) is 85.0 cm³/mol. The van der Waals surface area contributed by atoms with Crippen molar-refractivity contribution in [3.8, 4) is 0 Å². The Morgan fingerprint density at radius 2 is 1.90 bits per heavy atom. The topological polar surface area (TPSA) is 24.3 Å². The van der Waals surface area contributed by atoms with Gasteiger partial charge in [-0.2, -0.15) is 0 Å². The summed E-state index contributed by atoms with van der Waals surface area (Å²) in [6.07, 6.45) is 3.09. The molecule has 0 fully saturated rings. The Bertz CT molecular complexity index is 574. The normalized spacial score (nSPS) is 16.0. The summed E-state index contributed by atoms with van der Waals surface area (Å²) in [5, 5.41) is 0. The van der Waals surface area contributed by atoms with Crippen LogP contribution in [0.2, 0.25) is 0 Å². The van der Waals surface area contributed by atoms with Gasteiger partial charge in [0, 0.05) is 45.3 Å². The van der Waals surface area contributed by atoms with E-state index in [1.54, 1.807) is 0 Å². The summed E-state index contributed by atoms with van der Waals surface area (Å²) in [6.45, 7) is 5.23. The van der Waals surface area contributed by atoms with Crippen LogP contribution in [0, 0.1) is 0 Å². The second kappa shape index (κ2) is 6.41. The van der Waals surface area contributed by atoms with Gasteiger partial charge >= 0.3 is 0 Å². The lowest BCUT2D eigenvalue weighted by Gasteiger charge is -2.20. The minimum Gasteiger partial charge on any atom is -0.329 e. The molecule has 2 aromatic rings. The first-order chi connectivity index (χ1) is 10.2. The molecule has 0 aliphatic carbocycles. The SMILES string of the molecule is CN(C)Cc1cnc2n1CCN(Cc1ccccc1)CC2. The van der Waals surface area contributed by atoms with Crippen LogP contribution in [0.5, 0.6) is 0 Å². The molecule has 0 radical (unpaired) electrons. The van der Waals surface area contributed by atoms with E-state index in [-0.39, 0.29) is 0 Å². The summed E-state index contributed by atoms with van der Waals surface area (Å²) in [6, 6.07) is 10.7. The van der Waals surface area contributed by atoms with Crippen molar-refractivity contribution in [2.45, 2.75) is 26.1 Å².